The molecule has 204 valence electrons. The summed E-state index contributed by atoms with van der Waals surface area (Å²) in [7, 11) is 0. The summed E-state index contributed by atoms with van der Waals surface area (Å²) in [6.07, 6.45) is 4.24. The Labute approximate surface area is 235 Å². The van der Waals surface area contributed by atoms with Crippen LogP contribution in [-0.4, -0.2) is 28.4 Å². The van der Waals surface area contributed by atoms with E-state index in [0.29, 0.717) is 40.0 Å². The van der Waals surface area contributed by atoms with Crippen LogP contribution in [0.1, 0.15) is 79.3 Å². The van der Waals surface area contributed by atoms with Crippen LogP contribution in [0.25, 0.3) is 5.65 Å². The molecule has 5 rings (SSSR count). The number of hydrogen-bond acceptors (Lipinski definition) is 3. The Hall–Kier alpha value is -3.38. The van der Waals surface area contributed by atoms with Gasteiger partial charge in [-0.15, -0.1) is 0 Å². The van der Waals surface area contributed by atoms with Crippen molar-refractivity contribution in [2.75, 3.05) is 18.0 Å². The smallest absolute Gasteiger partial charge is 0.270 e. The van der Waals surface area contributed by atoms with E-state index in [1.807, 2.05) is 13.0 Å². The van der Waals surface area contributed by atoms with E-state index in [1.54, 1.807) is 34.9 Å². The summed E-state index contributed by atoms with van der Waals surface area (Å²) in [6.45, 7) is 10.6. The molecule has 1 aliphatic rings. The van der Waals surface area contributed by atoms with Crippen LogP contribution in [0.3, 0.4) is 0 Å². The number of aryl methyl sites for hydroxylation is 1. The fourth-order valence-corrected chi connectivity index (χ4v) is 5.58. The quantitative estimate of drug-likeness (QED) is 0.276. The van der Waals surface area contributed by atoms with Gasteiger partial charge in [0.05, 0.1) is 10.7 Å². The van der Waals surface area contributed by atoms with Gasteiger partial charge in [0.1, 0.15) is 17.2 Å². The Balaban J connectivity index is 1.21. The maximum absolute atomic E-state index is 15.1. The van der Waals surface area contributed by atoms with Crippen molar-refractivity contribution < 1.29 is 9.18 Å². The average molecular weight is 547 g/mol. The molecular weight excluding hydrogens is 511 g/mol. The lowest BCUT2D eigenvalue weighted by Crippen LogP contribution is -2.33. The van der Waals surface area contributed by atoms with E-state index < -0.39 is 0 Å². The van der Waals surface area contributed by atoms with Crippen molar-refractivity contribution >= 4 is 28.8 Å². The van der Waals surface area contributed by atoms with Crippen LogP contribution in [0.2, 0.25) is 5.02 Å². The summed E-state index contributed by atoms with van der Waals surface area (Å²) < 4.78 is 16.8. The molecule has 0 saturated carbocycles. The van der Waals surface area contributed by atoms with Crippen molar-refractivity contribution in [1.82, 2.24) is 14.7 Å². The van der Waals surface area contributed by atoms with Crippen molar-refractivity contribution in [3.8, 4) is 0 Å². The number of imidazole rings is 1. The first-order valence-corrected chi connectivity index (χ1v) is 14.1. The summed E-state index contributed by atoms with van der Waals surface area (Å²) >= 11 is 6.15. The van der Waals surface area contributed by atoms with Gasteiger partial charge in [-0.1, -0.05) is 63.6 Å². The number of halogens is 2. The summed E-state index contributed by atoms with van der Waals surface area (Å²) in [5.41, 5.74) is 5.99. The number of nitrogens with one attached hydrogen (secondary N) is 1. The van der Waals surface area contributed by atoms with Gasteiger partial charge in [0.2, 0.25) is 0 Å². The number of rotatable bonds is 6. The van der Waals surface area contributed by atoms with Gasteiger partial charge < -0.3 is 10.2 Å². The van der Waals surface area contributed by atoms with E-state index in [0.717, 1.165) is 31.5 Å². The zero-order valence-corrected chi connectivity index (χ0v) is 23.9. The maximum Gasteiger partial charge on any atom is 0.270 e. The Kier molecular flexibility index (Phi) is 7.68. The number of pyridine rings is 1. The molecule has 1 fully saturated rings. The molecule has 0 radical (unpaired) electrons. The van der Waals surface area contributed by atoms with Crippen LogP contribution in [0.4, 0.5) is 10.1 Å². The first kappa shape index (κ1) is 27.2. The van der Waals surface area contributed by atoms with Crippen LogP contribution in [-0.2, 0) is 18.4 Å². The number of hydrogen-bond donors (Lipinski definition) is 1. The highest BCUT2D eigenvalue weighted by Gasteiger charge is 2.23. The van der Waals surface area contributed by atoms with Gasteiger partial charge in [-0.2, -0.15) is 0 Å². The minimum Gasteiger partial charge on any atom is -0.371 e. The molecular formula is C32H36ClFN4O. The van der Waals surface area contributed by atoms with Crippen LogP contribution < -0.4 is 10.2 Å². The van der Waals surface area contributed by atoms with Gasteiger partial charge in [-0.25, -0.2) is 9.37 Å². The molecule has 7 heteroatoms. The van der Waals surface area contributed by atoms with Crippen LogP contribution in [0.15, 0.2) is 60.8 Å². The minimum absolute atomic E-state index is 0.102. The van der Waals surface area contributed by atoms with Crippen molar-refractivity contribution in [1.29, 1.82) is 0 Å². The number of carbonyl (C=O) groups excluding carboxylic acids is 1. The molecule has 4 aromatic rings. The van der Waals surface area contributed by atoms with Crippen molar-refractivity contribution in [3.05, 3.63) is 99.7 Å². The molecule has 3 heterocycles. The van der Waals surface area contributed by atoms with Crippen molar-refractivity contribution in [2.45, 2.75) is 64.8 Å². The minimum atomic E-state index is -0.298. The van der Waals surface area contributed by atoms with Crippen LogP contribution in [0.5, 0.6) is 0 Å². The maximum atomic E-state index is 15.1. The molecule has 0 bridgehead atoms. The number of carbonyl (C=O) groups is 1. The molecule has 1 saturated heterocycles. The summed E-state index contributed by atoms with van der Waals surface area (Å²) in [4.78, 5) is 20.0. The Morgan fingerprint density at radius 3 is 2.44 bits per heavy atom. The highest BCUT2D eigenvalue weighted by Crippen LogP contribution is 2.32. The predicted molar refractivity (Wildman–Crippen MR) is 156 cm³/mol. The molecule has 39 heavy (non-hydrogen) atoms. The second-order valence-electron chi connectivity index (χ2n) is 11.4. The topological polar surface area (TPSA) is 49.6 Å². The lowest BCUT2D eigenvalue weighted by atomic mass is 9.86. The van der Waals surface area contributed by atoms with E-state index in [9.17, 15) is 4.79 Å². The third-order valence-electron chi connectivity index (χ3n) is 7.79. The van der Waals surface area contributed by atoms with Crippen LogP contribution >= 0.6 is 11.6 Å². The fraction of sp³-hybridized carbons (Fsp3) is 0.375. The van der Waals surface area contributed by atoms with Gasteiger partial charge >= 0.3 is 0 Å². The molecule has 2 aromatic heterocycles. The van der Waals surface area contributed by atoms with E-state index in [4.69, 9.17) is 11.6 Å². The molecule has 1 aliphatic heterocycles. The number of benzene rings is 2. The first-order chi connectivity index (χ1) is 18.6. The number of aromatic nitrogens is 2. The number of nitrogens with zero attached hydrogens (tertiary/aromatic N) is 3. The largest absolute Gasteiger partial charge is 0.371 e. The highest BCUT2D eigenvalue weighted by atomic mass is 35.5. The molecule has 5 nitrogen and oxygen atoms in total. The van der Waals surface area contributed by atoms with Crippen molar-refractivity contribution in [3.63, 3.8) is 0 Å². The van der Waals surface area contributed by atoms with Gasteiger partial charge in [-0.3, -0.25) is 9.20 Å². The van der Waals surface area contributed by atoms with Gasteiger partial charge in [0, 0.05) is 37.1 Å². The molecule has 1 N–H and O–H groups in total. The normalized spacial score (nSPS) is 14.7. The Morgan fingerprint density at radius 1 is 1.08 bits per heavy atom. The Morgan fingerprint density at radius 2 is 1.79 bits per heavy atom. The average Bonchev–Trinajstić information content (AvgIpc) is 3.29. The zero-order valence-electron chi connectivity index (χ0n) is 23.1. The number of piperidine rings is 1. The lowest BCUT2D eigenvalue weighted by Gasteiger charge is -2.34. The second-order valence-corrected chi connectivity index (χ2v) is 11.9. The summed E-state index contributed by atoms with van der Waals surface area (Å²) in [5.74, 6) is -0.263. The number of anilines is 1. The number of amides is 1. The van der Waals surface area contributed by atoms with Gasteiger partial charge in [0.25, 0.3) is 5.91 Å². The molecule has 2 aromatic carbocycles. The first-order valence-electron chi connectivity index (χ1n) is 13.7. The van der Waals surface area contributed by atoms with E-state index in [-0.39, 0.29) is 23.7 Å². The molecule has 0 unspecified atom stereocenters. The predicted octanol–water partition coefficient (Wildman–Crippen LogP) is 7.30. The third-order valence-corrected chi connectivity index (χ3v) is 8.01. The molecule has 0 aliphatic carbocycles. The fourth-order valence-electron chi connectivity index (χ4n) is 5.42. The van der Waals surface area contributed by atoms with E-state index in [2.05, 4.69) is 60.2 Å². The third kappa shape index (κ3) is 5.81. The van der Waals surface area contributed by atoms with Gasteiger partial charge in [-0.05, 0) is 72.1 Å². The monoisotopic (exact) mass is 546 g/mol. The molecule has 1 amide bonds. The lowest BCUT2D eigenvalue weighted by molar-refractivity contribution is 0.0943. The molecule has 0 atom stereocenters. The van der Waals surface area contributed by atoms with Crippen molar-refractivity contribution in [2.24, 2.45) is 0 Å². The highest BCUT2D eigenvalue weighted by molar-refractivity contribution is 6.30. The van der Waals surface area contributed by atoms with Gasteiger partial charge in [0.15, 0.2) is 0 Å². The van der Waals surface area contributed by atoms with Crippen LogP contribution in [0, 0.1) is 5.82 Å². The summed E-state index contributed by atoms with van der Waals surface area (Å²) in [5, 5.41) is 3.39. The summed E-state index contributed by atoms with van der Waals surface area (Å²) in [6, 6.07) is 17.9. The van der Waals surface area contributed by atoms with E-state index >= 15 is 4.39 Å². The number of fused-ring (bicyclic) bond motifs is 1. The standard InChI is InChI=1S/C32H36ClFN4O/c1-5-28-30(38-20-25(33)10-13-29(38)36-28)31(39)35-19-23-7-6-22(18-27(23)34)21-14-16-37(17-15-21)26-11-8-24(9-12-26)32(2,3)4/h6-13,18,20-21H,5,14-17,19H2,1-4H3,(H,35,39). The molecule has 0 spiro atoms. The zero-order chi connectivity index (χ0) is 27.7. The second kappa shape index (κ2) is 11.0. The van der Waals surface area contributed by atoms with E-state index in [1.165, 1.54) is 11.3 Å². The Bertz CT molecular complexity index is 1480. The SMILES string of the molecule is CCc1nc2ccc(Cl)cn2c1C(=O)NCc1ccc(C2CCN(c3ccc(C(C)(C)C)cc3)CC2)cc1F.